The third kappa shape index (κ3) is 4.52. The first-order chi connectivity index (χ1) is 14.3. The molecule has 1 aromatic heterocycles. The van der Waals surface area contributed by atoms with E-state index >= 15 is 0 Å². The van der Waals surface area contributed by atoms with Gasteiger partial charge in [0.1, 0.15) is 0 Å². The van der Waals surface area contributed by atoms with Crippen LogP contribution in [0, 0.1) is 5.92 Å². The summed E-state index contributed by atoms with van der Waals surface area (Å²) in [5, 5.41) is 0.898. The second-order valence-electron chi connectivity index (χ2n) is 7.99. The summed E-state index contributed by atoms with van der Waals surface area (Å²) in [4.78, 5) is 15.7. The first kappa shape index (κ1) is 20.9. The Labute approximate surface area is 182 Å². The molecule has 0 atom stereocenters. The van der Waals surface area contributed by atoms with Crippen molar-refractivity contribution >= 4 is 43.0 Å². The Morgan fingerprint density at radius 2 is 1.80 bits per heavy atom. The fourth-order valence-electron chi connectivity index (χ4n) is 3.97. The Bertz CT molecular complexity index is 1150. The summed E-state index contributed by atoms with van der Waals surface area (Å²) in [5.41, 5.74) is 1.96. The molecule has 0 N–H and O–H groups in total. The van der Waals surface area contributed by atoms with Gasteiger partial charge in [0.2, 0.25) is 10.0 Å². The van der Waals surface area contributed by atoms with Crippen LogP contribution < -0.4 is 4.31 Å². The minimum Gasteiger partial charge on any atom is -0.338 e. The molecule has 4 rings (SSSR count). The molecule has 1 aliphatic rings. The molecule has 1 saturated heterocycles. The Morgan fingerprint density at radius 1 is 1.10 bits per heavy atom. The van der Waals surface area contributed by atoms with Crippen molar-refractivity contribution in [1.29, 1.82) is 0 Å². The number of hydrogen-bond acceptors (Lipinski definition) is 4. The lowest BCUT2D eigenvalue weighted by molar-refractivity contribution is 0.0695. The van der Waals surface area contributed by atoms with Gasteiger partial charge in [-0.15, -0.1) is 11.3 Å². The Kier molecular flexibility index (Phi) is 5.84. The van der Waals surface area contributed by atoms with Crippen molar-refractivity contribution in [1.82, 2.24) is 4.90 Å². The second kappa shape index (κ2) is 8.40. The largest absolute Gasteiger partial charge is 0.338 e. The first-order valence-electron chi connectivity index (χ1n) is 10.1. The van der Waals surface area contributed by atoms with Gasteiger partial charge < -0.3 is 4.90 Å². The van der Waals surface area contributed by atoms with Gasteiger partial charge in [0.25, 0.3) is 5.91 Å². The minimum atomic E-state index is -3.32. The summed E-state index contributed by atoms with van der Waals surface area (Å²) >= 11 is 1.47. The van der Waals surface area contributed by atoms with Gasteiger partial charge in [0, 0.05) is 24.8 Å². The van der Waals surface area contributed by atoms with Crippen molar-refractivity contribution in [3.63, 3.8) is 0 Å². The maximum absolute atomic E-state index is 13.0. The molecule has 5 nitrogen and oxygen atoms in total. The van der Waals surface area contributed by atoms with E-state index in [4.69, 9.17) is 0 Å². The van der Waals surface area contributed by atoms with Crippen LogP contribution in [-0.4, -0.2) is 45.6 Å². The van der Waals surface area contributed by atoms with Crippen molar-refractivity contribution in [3.05, 3.63) is 65.0 Å². The molecule has 0 spiro atoms. The van der Waals surface area contributed by atoms with Gasteiger partial charge in [-0.25, -0.2) is 8.42 Å². The van der Waals surface area contributed by atoms with Gasteiger partial charge in [0.15, 0.2) is 0 Å². The predicted molar refractivity (Wildman–Crippen MR) is 124 cm³/mol. The highest BCUT2D eigenvalue weighted by molar-refractivity contribution is 7.92. The van der Waals surface area contributed by atoms with E-state index in [-0.39, 0.29) is 5.91 Å². The van der Waals surface area contributed by atoms with E-state index in [2.05, 4.69) is 24.3 Å². The average molecular weight is 443 g/mol. The number of carbonyl (C=O) groups is 1. The van der Waals surface area contributed by atoms with E-state index < -0.39 is 10.0 Å². The molecule has 7 heteroatoms. The van der Waals surface area contributed by atoms with Crippen LogP contribution in [-0.2, 0) is 16.4 Å². The molecular weight excluding hydrogens is 416 g/mol. The van der Waals surface area contributed by atoms with Crippen molar-refractivity contribution in [2.75, 3.05) is 30.7 Å². The molecule has 2 aromatic carbocycles. The molecule has 3 aromatic rings. The van der Waals surface area contributed by atoms with Gasteiger partial charge in [-0.05, 0) is 60.4 Å². The number of thiophene rings is 1. The molecule has 2 heterocycles. The average Bonchev–Trinajstić information content (AvgIpc) is 3.16. The zero-order chi connectivity index (χ0) is 21.3. The number of piperidine rings is 1. The van der Waals surface area contributed by atoms with Crippen molar-refractivity contribution in [2.24, 2.45) is 5.92 Å². The van der Waals surface area contributed by atoms with E-state index in [1.807, 2.05) is 29.2 Å². The number of nitrogens with zero attached hydrogens (tertiary/aromatic N) is 2. The highest BCUT2D eigenvalue weighted by Gasteiger charge is 2.25. The Morgan fingerprint density at radius 3 is 2.47 bits per heavy atom. The molecule has 0 saturated carbocycles. The molecule has 0 unspecified atom stereocenters. The molecule has 30 heavy (non-hydrogen) atoms. The van der Waals surface area contributed by atoms with Gasteiger partial charge in [-0.1, -0.05) is 30.3 Å². The first-order valence-corrected chi connectivity index (χ1v) is 12.8. The van der Waals surface area contributed by atoms with Gasteiger partial charge in [0.05, 0.1) is 16.8 Å². The monoisotopic (exact) mass is 442 g/mol. The van der Waals surface area contributed by atoms with Crippen LogP contribution in [0.4, 0.5) is 5.69 Å². The van der Waals surface area contributed by atoms with Gasteiger partial charge in [-0.3, -0.25) is 9.10 Å². The van der Waals surface area contributed by atoms with Crippen LogP contribution in [0.25, 0.3) is 10.1 Å². The Balaban J connectivity index is 1.43. The summed E-state index contributed by atoms with van der Waals surface area (Å²) in [5.74, 6) is 0.695. The van der Waals surface area contributed by atoms with Gasteiger partial charge >= 0.3 is 0 Å². The number of sulfonamides is 1. The van der Waals surface area contributed by atoms with Crippen LogP contribution in [0.2, 0.25) is 0 Å². The van der Waals surface area contributed by atoms with Crippen LogP contribution >= 0.6 is 11.3 Å². The summed E-state index contributed by atoms with van der Waals surface area (Å²) in [6, 6.07) is 17.9. The number of amides is 1. The number of fused-ring (bicyclic) bond motifs is 1. The lowest BCUT2D eigenvalue weighted by atomic mass is 9.90. The van der Waals surface area contributed by atoms with E-state index in [9.17, 15) is 13.2 Å². The highest BCUT2D eigenvalue weighted by Crippen LogP contribution is 2.31. The van der Waals surface area contributed by atoms with Crippen LogP contribution in [0.15, 0.2) is 54.6 Å². The summed E-state index contributed by atoms with van der Waals surface area (Å²) in [7, 11) is -1.78. The number of carbonyl (C=O) groups excluding carboxylic acids is 1. The molecule has 0 bridgehead atoms. The third-order valence-corrected chi connectivity index (χ3v) is 8.15. The quantitative estimate of drug-likeness (QED) is 0.589. The number of anilines is 1. The van der Waals surface area contributed by atoms with Crippen LogP contribution in [0.5, 0.6) is 0 Å². The number of benzene rings is 2. The fourth-order valence-corrected chi connectivity index (χ4v) is 5.47. The molecule has 1 aliphatic heterocycles. The second-order valence-corrected chi connectivity index (χ2v) is 11.1. The van der Waals surface area contributed by atoms with Crippen LogP contribution in [0.3, 0.4) is 0 Å². The maximum Gasteiger partial charge on any atom is 0.263 e. The van der Waals surface area contributed by atoms with E-state index in [0.29, 0.717) is 16.5 Å². The number of hydrogen-bond donors (Lipinski definition) is 0. The molecule has 1 fully saturated rings. The van der Waals surface area contributed by atoms with E-state index in [1.165, 1.54) is 34.5 Å². The summed E-state index contributed by atoms with van der Waals surface area (Å²) in [6.45, 7) is 1.57. The standard InChI is InChI=1S/C23H26N2O3S2/c1-24(30(2,27)28)20-8-9-21-19(15-20)16-22(29-21)23(26)25-12-10-18(11-13-25)14-17-6-4-3-5-7-17/h3-9,15-16,18H,10-14H2,1-2H3. The van der Waals surface area contributed by atoms with E-state index in [1.54, 1.807) is 6.07 Å². The number of likely N-dealkylation sites (tertiary alicyclic amines) is 1. The summed E-state index contributed by atoms with van der Waals surface area (Å²) in [6.07, 6.45) is 4.30. The zero-order valence-electron chi connectivity index (χ0n) is 17.2. The lowest BCUT2D eigenvalue weighted by Gasteiger charge is -2.31. The normalized spacial score (nSPS) is 15.5. The molecule has 0 radical (unpaired) electrons. The molecule has 1 amide bonds. The minimum absolute atomic E-state index is 0.0763. The number of rotatable bonds is 5. The van der Waals surface area contributed by atoms with Crippen molar-refractivity contribution in [2.45, 2.75) is 19.3 Å². The maximum atomic E-state index is 13.0. The molecular formula is C23H26N2O3S2. The molecule has 0 aliphatic carbocycles. The fraction of sp³-hybridized carbons (Fsp3) is 0.348. The lowest BCUT2D eigenvalue weighted by Crippen LogP contribution is -2.38. The van der Waals surface area contributed by atoms with Crippen molar-refractivity contribution < 1.29 is 13.2 Å². The van der Waals surface area contributed by atoms with Crippen LogP contribution in [0.1, 0.15) is 28.1 Å². The SMILES string of the molecule is CN(c1ccc2sc(C(=O)N3CCC(Cc4ccccc4)CC3)cc2c1)S(C)(=O)=O. The summed E-state index contributed by atoms with van der Waals surface area (Å²) < 4.78 is 25.8. The molecule has 158 valence electrons. The third-order valence-electron chi connectivity index (χ3n) is 5.84. The van der Waals surface area contributed by atoms with Crippen molar-refractivity contribution in [3.8, 4) is 0 Å². The van der Waals surface area contributed by atoms with E-state index in [0.717, 1.165) is 42.4 Å². The smallest absolute Gasteiger partial charge is 0.263 e. The zero-order valence-corrected chi connectivity index (χ0v) is 18.9. The highest BCUT2D eigenvalue weighted by atomic mass is 32.2. The van der Waals surface area contributed by atoms with Gasteiger partial charge in [-0.2, -0.15) is 0 Å². The Hall–Kier alpha value is -2.38. The predicted octanol–water partition coefficient (Wildman–Crippen LogP) is 4.39. The topological polar surface area (TPSA) is 57.7 Å².